The van der Waals surface area contributed by atoms with Crippen LogP contribution in [0.15, 0.2) is 12.2 Å². The molecule has 0 aliphatic carbocycles. The molecule has 0 heterocycles. The van der Waals surface area contributed by atoms with Crippen LogP contribution < -0.4 is 0 Å². The number of hydrogen-bond donors (Lipinski definition) is 1. The van der Waals surface area contributed by atoms with Gasteiger partial charge in [0.1, 0.15) is 0 Å². The average molecular weight is 216 g/mol. The number of aliphatic hydroxyl groups excluding tert-OH is 1. The SMILES string of the molecule is C=C(C)C[C@H](C(=O)OC)[C@H](O)C(=O)OC. The third-order valence-corrected chi connectivity index (χ3v) is 1.90. The molecule has 0 spiro atoms. The van der Waals surface area contributed by atoms with E-state index in [4.69, 9.17) is 0 Å². The molecule has 0 unspecified atom stereocenters. The zero-order valence-electron chi connectivity index (χ0n) is 9.15. The van der Waals surface area contributed by atoms with Crippen LogP contribution in [0.4, 0.5) is 0 Å². The van der Waals surface area contributed by atoms with Crippen molar-refractivity contribution in [1.82, 2.24) is 0 Å². The Labute approximate surface area is 88.7 Å². The molecule has 0 radical (unpaired) electrons. The molecule has 0 aromatic rings. The summed E-state index contributed by atoms with van der Waals surface area (Å²) in [5, 5.41) is 9.51. The third-order valence-electron chi connectivity index (χ3n) is 1.90. The first-order valence-corrected chi connectivity index (χ1v) is 4.42. The molecule has 1 N–H and O–H groups in total. The van der Waals surface area contributed by atoms with Gasteiger partial charge in [0, 0.05) is 0 Å². The summed E-state index contributed by atoms with van der Waals surface area (Å²) in [4.78, 5) is 22.3. The second-order valence-electron chi connectivity index (χ2n) is 3.26. The van der Waals surface area contributed by atoms with Gasteiger partial charge in [-0.25, -0.2) is 4.79 Å². The number of hydrogen-bond acceptors (Lipinski definition) is 5. The van der Waals surface area contributed by atoms with Crippen molar-refractivity contribution in [3.05, 3.63) is 12.2 Å². The van der Waals surface area contributed by atoms with Crippen LogP contribution in [0.1, 0.15) is 13.3 Å². The minimum Gasteiger partial charge on any atom is -0.469 e. The fourth-order valence-electron chi connectivity index (χ4n) is 1.14. The zero-order valence-corrected chi connectivity index (χ0v) is 9.15. The minimum absolute atomic E-state index is 0.183. The molecule has 15 heavy (non-hydrogen) atoms. The van der Waals surface area contributed by atoms with E-state index in [1.54, 1.807) is 6.92 Å². The largest absolute Gasteiger partial charge is 0.469 e. The van der Waals surface area contributed by atoms with E-state index >= 15 is 0 Å². The lowest BCUT2D eigenvalue weighted by Gasteiger charge is -2.18. The van der Waals surface area contributed by atoms with E-state index in [2.05, 4.69) is 16.1 Å². The predicted octanol–water partition coefficient (Wildman–Crippen LogP) is 0.276. The highest BCUT2D eigenvalue weighted by molar-refractivity contribution is 5.83. The second-order valence-corrected chi connectivity index (χ2v) is 3.26. The normalized spacial score (nSPS) is 13.9. The maximum atomic E-state index is 11.3. The Morgan fingerprint density at radius 3 is 2.07 bits per heavy atom. The standard InChI is InChI=1S/C10H16O5/c1-6(2)5-7(9(12)14-3)8(11)10(13)15-4/h7-8,11H,1,5H2,2-4H3/t7-,8-/m0/s1. The molecule has 0 saturated carbocycles. The van der Waals surface area contributed by atoms with Gasteiger partial charge in [0.2, 0.25) is 0 Å². The number of carbonyl (C=O) groups is 2. The average Bonchev–Trinajstić information content (AvgIpc) is 2.22. The summed E-state index contributed by atoms with van der Waals surface area (Å²) in [6, 6.07) is 0. The molecular formula is C10H16O5. The van der Waals surface area contributed by atoms with Crippen molar-refractivity contribution in [2.24, 2.45) is 5.92 Å². The number of aliphatic hydroxyl groups is 1. The van der Waals surface area contributed by atoms with Crippen molar-refractivity contribution < 1.29 is 24.2 Å². The lowest BCUT2D eigenvalue weighted by Crippen LogP contribution is -2.36. The van der Waals surface area contributed by atoms with Crippen LogP contribution in [0.25, 0.3) is 0 Å². The number of esters is 2. The fourth-order valence-corrected chi connectivity index (χ4v) is 1.14. The lowest BCUT2D eigenvalue weighted by molar-refractivity contribution is -0.163. The first kappa shape index (κ1) is 13.6. The Bertz CT molecular complexity index is 259. The summed E-state index contributed by atoms with van der Waals surface area (Å²) in [5.74, 6) is -2.47. The number of carbonyl (C=O) groups excluding carboxylic acids is 2. The van der Waals surface area contributed by atoms with E-state index in [9.17, 15) is 14.7 Å². The molecule has 0 aromatic heterocycles. The van der Waals surface area contributed by atoms with Gasteiger partial charge in [-0.05, 0) is 13.3 Å². The van der Waals surface area contributed by atoms with Crippen LogP contribution in [-0.4, -0.2) is 37.4 Å². The van der Waals surface area contributed by atoms with E-state index < -0.39 is 24.0 Å². The molecule has 0 amide bonds. The van der Waals surface area contributed by atoms with Crippen LogP contribution in [0.2, 0.25) is 0 Å². The van der Waals surface area contributed by atoms with Gasteiger partial charge < -0.3 is 14.6 Å². The van der Waals surface area contributed by atoms with Crippen molar-refractivity contribution in [2.75, 3.05) is 14.2 Å². The maximum Gasteiger partial charge on any atom is 0.335 e. The van der Waals surface area contributed by atoms with E-state index in [-0.39, 0.29) is 6.42 Å². The molecule has 5 nitrogen and oxygen atoms in total. The molecule has 0 aliphatic heterocycles. The Morgan fingerprint density at radius 1 is 1.27 bits per heavy atom. The number of ether oxygens (including phenoxy) is 2. The van der Waals surface area contributed by atoms with E-state index in [0.29, 0.717) is 5.57 Å². The third kappa shape index (κ3) is 4.12. The molecule has 0 rings (SSSR count). The van der Waals surface area contributed by atoms with Gasteiger partial charge in [-0.15, -0.1) is 6.58 Å². The number of methoxy groups -OCH3 is 2. The summed E-state index contributed by atoms with van der Waals surface area (Å²) >= 11 is 0. The molecule has 5 heteroatoms. The monoisotopic (exact) mass is 216 g/mol. The Hall–Kier alpha value is -1.36. The van der Waals surface area contributed by atoms with E-state index in [0.717, 1.165) is 7.11 Å². The highest BCUT2D eigenvalue weighted by atomic mass is 16.5. The van der Waals surface area contributed by atoms with Gasteiger partial charge in [0.25, 0.3) is 0 Å². The molecule has 0 aliphatic rings. The van der Waals surface area contributed by atoms with Crippen molar-refractivity contribution in [2.45, 2.75) is 19.4 Å². The minimum atomic E-state index is -1.51. The maximum absolute atomic E-state index is 11.3. The highest BCUT2D eigenvalue weighted by Gasteiger charge is 2.33. The van der Waals surface area contributed by atoms with Crippen LogP contribution in [-0.2, 0) is 19.1 Å². The summed E-state index contributed by atoms with van der Waals surface area (Å²) < 4.78 is 8.82. The number of allylic oxidation sites excluding steroid dienone is 1. The van der Waals surface area contributed by atoms with Crippen LogP contribution in [0, 0.1) is 5.92 Å². The zero-order chi connectivity index (χ0) is 12.0. The van der Waals surface area contributed by atoms with Gasteiger partial charge in [-0.3, -0.25) is 4.79 Å². The van der Waals surface area contributed by atoms with Crippen LogP contribution in [0.5, 0.6) is 0 Å². The lowest BCUT2D eigenvalue weighted by atomic mass is 9.95. The quantitative estimate of drug-likeness (QED) is 0.527. The Balaban J connectivity index is 4.68. The van der Waals surface area contributed by atoms with Crippen molar-refractivity contribution in [1.29, 1.82) is 0 Å². The summed E-state index contributed by atoms with van der Waals surface area (Å²) in [6.45, 7) is 5.30. The Morgan fingerprint density at radius 2 is 1.73 bits per heavy atom. The van der Waals surface area contributed by atoms with Gasteiger partial charge in [-0.1, -0.05) is 5.57 Å². The first-order chi connectivity index (χ1) is 6.93. The van der Waals surface area contributed by atoms with Crippen molar-refractivity contribution in [3.8, 4) is 0 Å². The van der Waals surface area contributed by atoms with Crippen LogP contribution >= 0.6 is 0 Å². The van der Waals surface area contributed by atoms with Gasteiger partial charge in [-0.2, -0.15) is 0 Å². The van der Waals surface area contributed by atoms with E-state index in [1.165, 1.54) is 7.11 Å². The fraction of sp³-hybridized carbons (Fsp3) is 0.600. The second kappa shape index (κ2) is 6.19. The van der Waals surface area contributed by atoms with Crippen molar-refractivity contribution >= 4 is 11.9 Å². The summed E-state index contributed by atoms with van der Waals surface area (Å²) in [5.41, 5.74) is 0.674. The molecule has 86 valence electrons. The molecule has 0 aromatic carbocycles. The molecule has 0 bridgehead atoms. The first-order valence-electron chi connectivity index (χ1n) is 4.42. The van der Waals surface area contributed by atoms with Crippen LogP contribution in [0.3, 0.4) is 0 Å². The molecule has 0 saturated heterocycles. The topological polar surface area (TPSA) is 72.8 Å². The summed E-state index contributed by atoms with van der Waals surface area (Å²) in [7, 11) is 2.33. The number of rotatable bonds is 5. The highest BCUT2D eigenvalue weighted by Crippen LogP contribution is 2.17. The molecular weight excluding hydrogens is 200 g/mol. The van der Waals surface area contributed by atoms with E-state index in [1.807, 2.05) is 0 Å². The predicted molar refractivity (Wildman–Crippen MR) is 53.0 cm³/mol. The molecule has 2 atom stereocenters. The van der Waals surface area contributed by atoms with Crippen molar-refractivity contribution in [3.63, 3.8) is 0 Å². The van der Waals surface area contributed by atoms with Gasteiger partial charge in [0.05, 0.1) is 20.1 Å². The van der Waals surface area contributed by atoms with Gasteiger partial charge in [0.15, 0.2) is 6.10 Å². The van der Waals surface area contributed by atoms with Gasteiger partial charge >= 0.3 is 11.9 Å². The smallest absolute Gasteiger partial charge is 0.335 e. The summed E-state index contributed by atoms with van der Waals surface area (Å²) in [6.07, 6.45) is -1.33. The Kier molecular flexibility index (Phi) is 5.62. The molecule has 0 fully saturated rings.